The van der Waals surface area contributed by atoms with E-state index in [2.05, 4.69) is 15.4 Å². The van der Waals surface area contributed by atoms with E-state index in [4.69, 9.17) is 4.74 Å². The van der Waals surface area contributed by atoms with Gasteiger partial charge in [-0.25, -0.2) is 0 Å². The summed E-state index contributed by atoms with van der Waals surface area (Å²) >= 11 is 1.28. The number of hydrazone groups is 1. The first-order valence-corrected chi connectivity index (χ1v) is 9.59. The summed E-state index contributed by atoms with van der Waals surface area (Å²) in [5.74, 6) is 1.41. The molecule has 0 atom stereocenters. The molecule has 2 aromatic rings. The van der Waals surface area contributed by atoms with E-state index in [1.165, 1.54) is 11.8 Å². The van der Waals surface area contributed by atoms with Crippen LogP contribution in [0.4, 0.5) is 5.69 Å². The highest BCUT2D eigenvalue weighted by molar-refractivity contribution is 8.14. The second kappa shape index (κ2) is 8.73. The van der Waals surface area contributed by atoms with Crippen LogP contribution in [-0.4, -0.2) is 41.3 Å². The molecule has 6 nitrogen and oxygen atoms in total. The van der Waals surface area contributed by atoms with Gasteiger partial charge in [0.05, 0.1) is 5.75 Å². The van der Waals surface area contributed by atoms with Crippen molar-refractivity contribution in [2.75, 3.05) is 24.7 Å². The van der Waals surface area contributed by atoms with E-state index in [1.807, 2.05) is 69.4 Å². The Morgan fingerprint density at radius 1 is 1.19 bits per heavy atom. The Morgan fingerprint density at radius 2 is 1.96 bits per heavy atom. The quantitative estimate of drug-likeness (QED) is 0.876. The van der Waals surface area contributed by atoms with Crippen molar-refractivity contribution < 1.29 is 9.53 Å². The lowest BCUT2D eigenvalue weighted by Crippen LogP contribution is -2.31. The number of likely N-dealkylation sites (N-methyl/N-ethyl adjacent to an activating group) is 1. The predicted octanol–water partition coefficient (Wildman–Crippen LogP) is 3.67. The Labute approximate surface area is 163 Å². The highest BCUT2D eigenvalue weighted by atomic mass is 32.2. The summed E-state index contributed by atoms with van der Waals surface area (Å²) in [6.45, 7) is 4.50. The molecule has 2 aromatic carbocycles. The molecule has 7 heteroatoms. The van der Waals surface area contributed by atoms with Crippen LogP contribution in [0.1, 0.15) is 11.1 Å². The molecular formula is C20H22N4O2S. The molecule has 1 aliphatic rings. The molecule has 0 bridgehead atoms. The van der Waals surface area contributed by atoms with E-state index < -0.39 is 0 Å². The van der Waals surface area contributed by atoms with Crippen molar-refractivity contribution in [1.29, 1.82) is 0 Å². The van der Waals surface area contributed by atoms with Crippen molar-refractivity contribution in [1.82, 2.24) is 5.01 Å². The van der Waals surface area contributed by atoms with Crippen LogP contribution in [-0.2, 0) is 4.79 Å². The summed E-state index contributed by atoms with van der Waals surface area (Å²) < 4.78 is 5.80. The van der Waals surface area contributed by atoms with E-state index in [0.29, 0.717) is 17.6 Å². The number of para-hydroxylation sites is 1. The number of carbonyl (C=O) groups is 1. The molecule has 0 aromatic heterocycles. The Bertz CT molecular complexity index is 881. The van der Waals surface area contributed by atoms with E-state index in [9.17, 15) is 4.79 Å². The fraction of sp³-hybridized carbons (Fsp3) is 0.250. The smallest absolute Gasteiger partial charge is 0.234 e. The summed E-state index contributed by atoms with van der Waals surface area (Å²) in [4.78, 5) is 16.7. The predicted molar refractivity (Wildman–Crippen MR) is 112 cm³/mol. The number of thioether (sulfide) groups is 1. The van der Waals surface area contributed by atoms with Crippen LogP contribution in [0.5, 0.6) is 5.75 Å². The number of rotatable bonds is 4. The first kappa shape index (κ1) is 19.0. The first-order valence-electron chi connectivity index (χ1n) is 8.60. The first-order chi connectivity index (χ1) is 13.0. The van der Waals surface area contributed by atoms with Crippen molar-refractivity contribution in [2.24, 2.45) is 10.1 Å². The molecule has 140 valence electrons. The van der Waals surface area contributed by atoms with Gasteiger partial charge in [0.1, 0.15) is 12.3 Å². The number of ether oxygens (including phenoxy) is 1. The van der Waals surface area contributed by atoms with Crippen LogP contribution >= 0.6 is 11.8 Å². The third kappa shape index (κ3) is 5.34. The lowest BCUT2D eigenvalue weighted by Gasteiger charge is -2.20. The molecule has 0 saturated carbocycles. The van der Waals surface area contributed by atoms with Crippen molar-refractivity contribution in [3.8, 4) is 5.75 Å². The lowest BCUT2D eigenvalue weighted by atomic mass is 10.1. The van der Waals surface area contributed by atoms with E-state index in [0.717, 1.165) is 22.6 Å². The number of nitrogens with one attached hydrogen (secondary N) is 1. The molecular weight excluding hydrogens is 360 g/mol. The summed E-state index contributed by atoms with van der Waals surface area (Å²) in [5.41, 5.74) is 3.05. The van der Waals surface area contributed by atoms with Crippen LogP contribution in [0.2, 0.25) is 0 Å². The molecule has 0 fully saturated rings. The van der Waals surface area contributed by atoms with Crippen LogP contribution in [0.25, 0.3) is 0 Å². The van der Waals surface area contributed by atoms with Gasteiger partial charge >= 0.3 is 0 Å². The molecule has 0 aliphatic carbocycles. The average molecular weight is 382 g/mol. The van der Waals surface area contributed by atoms with Gasteiger partial charge in [0.25, 0.3) is 0 Å². The fourth-order valence-corrected chi connectivity index (χ4v) is 3.18. The molecule has 0 unspecified atom stereocenters. The molecule has 0 saturated heterocycles. The second-order valence-electron chi connectivity index (χ2n) is 6.20. The summed E-state index contributed by atoms with van der Waals surface area (Å²) in [7, 11) is 1.85. The maximum atomic E-state index is 12.3. The van der Waals surface area contributed by atoms with Crippen molar-refractivity contribution in [3.05, 3.63) is 59.7 Å². The molecule has 1 N–H and O–H groups in total. The highest BCUT2D eigenvalue weighted by Crippen LogP contribution is 2.19. The van der Waals surface area contributed by atoms with E-state index in [1.54, 1.807) is 5.01 Å². The molecule has 1 heterocycles. The fourth-order valence-electron chi connectivity index (χ4n) is 2.49. The third-order valence-electron chi connectivity index (χ3n) is 4.03. The van der Waals surface area contributed by atoms with Gasteiger partial charge in [-0.05, 0) is 43.2 Å². The Kier molecular flexibility index (Phi) is 6.13. The van der Waals surface area contributed by atoms with Gasteiger partial charge < -0.3 is 10.1 Å². The van der Waals surface area contributed by atoms with Crippen LogP contribution in [0.15, 0.2) is 58.6 Å². The summed E-state index contributed by atoms with van der Waals surface area (Å²) in [5, 5.41) is 9.55. The largest absolute Gasteiger partial charge is 0.441 e. The lowest BCUT2D eigenvalue weighted by molar-refractivity contribution is -0.113. The molecule has 27 heavy (non-hydrogen) atoms. The Balaban J connectivity index is 1.59. The van der Waals surface area contributed by atoms with Gasteiger partial charge in [0.2, 0.25) is 17.0 Å². The summed E-state index contributed by atoms with van der Waals surface area (Å²) in [6.07, 6.45) is 0. The van der Waals surface area contributed by atoms with Crippen LogP contribution < -0.4 is 10.1 Å². The minimum Gasteiger partial charge on any atom is -0.441 e. The van der Waals surface area contributed by atoms with Gasteiger partial charge in [-0.2, -0.15) is 4.99 Å². The standard InChI is InChI=1S/C20H22N4O2S/c1-14-8-7-11-17(15(14)2)21-18(25)13-27-20-22-19(12-24(3)23-20)26-16-9-5-4-6-10-16/h4-11H,12-13H2,1-3H3,(H,21,25). The maximum absolute atomic E-state index is 12.3. The number of benzene rings is 2. The number of anilines is 1. The van der Waals surface area contributed by atoms with Gasteiger partial charge in [0, 0.05) is 12.7 Å². The SMILES string of the molecule is Cc1cccc(NC(=O)CSC2=NN(C)CC(Oc3ccccc3)=N2)c1C. The number of hydrogen-bond acceptors (Lipinski definition) is 6. The maximum Gasteiger partial charge on any atom is 0.234 e. The van der Waals surface area contributed by atoms with Gasteiger partial charge in [-0.1, -0.05) is 42.1 Å². The monoisotopic (exact) mass is 382 g/mol. The summed E-state index contributed by atoms with van der Waals surface area (Å²) in [6, 6.07) is 15.4. The minimum atomic E-state index is -0.0923. The average Bonchev–Trinajstić information content (AvgIpc) is 2.64. The second-order valence-corrected chi connectivity index (χ2v) is 7.15. The van der Waals surface area contributed by atoms with Crippen molar-refractivity contribution in [2.45, 2.75) is 13.8 Å². The number of amidine groups is 1. The Hall–Kier alpha value is -2.80. The zero-order chi connectivity index (χ0) is 19.2. The van der Waals surface area contributed by atoms with E-state index >= 15 is 0 Å². The third-order valence-corrected chi connectivity index (χ3v) is 4.87. The number of nitrogens with zero attached hydrogens (tertiary/aromatic N) is 3. The molecule has 0 radical (unpaired) electrons. The number of hydrogen-bond donors (Lipinski definition) is 1. The number of aliphatic imine (C=N–C) groups is 1. The number of amides is 1. The zero-order valence-electron chi connectivity index (χ0n) is 15.6. The van der Waals surface area contributed by atoms with Gasteiger partial charge in [-0.3, -0.25) is 9.80 Å². The minimum absolute atomic E-state index is 0.0923. The normalized spacial score (nSPS) is 13.7. The van der Waals surface area contributed by atoms with Crippen LogP contribution in [0, 0.1) is 13.8 Å². The zero-order valence-corrected chi connectivity index (χ0v) is 16.4. The highest BCUT2D eigenvalue weighted by Gasteiger charge is 2.16. The topological polar surface area (TPSA) is 66.3 Å². The van der Waals surface area contributed by atoms with Gasteiger partial charge in [0.15, 0.2) is 0 Å². The molecule has 0 spiro atoms. The molecule has 1 amide bonds. The number of aryl methyl sites for hydroxylation is 1. The van der Waals surface area contributed by atoms with Gasteiger partial charge in [-0.15, -0.1) is 5.10 Å². The molecule has 1 aliphatic heterocycles. The molecule has 3 rings (SSSR count). The van der Waals surface area contributed by atoms with Crippen LogP contribution in [0.3, 0.4) is 0 Å². The number of carbonyl (C=O) groups excluding carboxylic acids is 1. The van der Waals surface area contributed by atoms with E-state index in [-0.39, 0.29) is 11.7 Å². The van der Waals surface area contributed by atoms with Crippen molar-refractivity contribution in [3.63, 3.8) is 0 Å². The van der Waals surface area contributed by atoms with Crippen molar-refractivity contribution >= 4 is 34.4 Å². The Morgan fingerprint density at radius 3 is 2.74 bits per heavy atom.